The van der Waals surface area contributed by atoms with Crippen molar-refractivity contribution < 1.29 is 4.79 Å². The molecule has 0 radical (unpaired) electrons. The summed E-state index contributed by atoms with van der Waals surface area (Å²) in [4.78, 5) is 19.8. The molecular weight excluding hydrogens is 264 g/mol. The molecule has 3 aliphatic heterocycles. The highest BCUT2D eigenvalue weighted by Crippen LogP contribution is 2.28. The molecule has 0 aromatic heterocycles. The molecule has 0 saturated carbocycles. The van der Waals surface area contributed by atoms with Crippen LogP contribution in [0.25, 0.3) is 0 Å². The molecule has 3 heterocycles. The largest absolute Gasteiger partial charge is 0.335 e. The van der Waals surface area contributed by atoms with Crippen LogP contribution in [-0.4, -0.2) is 85.0 Å². The van der Waals surface area contributed by atoms with Gasteiger partial charge in [-0.1, -0.05) is 6.92 Å². The number of piperazine rings is 1. The number of carbonyl (C=O) groups is 1. The van der Waals surface area contributed by atoms with E-state index in [1.165, 1.54) is 12.8 Å². The van der Waals surface area contributed by atoms with Gasteiger partial charge in [-0.15, -0.1) is 0 Å². The number of likely N-dealkylation sites (N-methyl/N-ethyl adjacent to an activating group) is 1. The number of nitrogens with one attached hydrogen (secondary N) is 1. The third-order valence-electron chi connectivity index (χ3n) is 5.50. The Balaban J connectivity index is 1.46. The number of carbonyl (C=O) groups excluding carboxylic acids is 1. The first kappa shape index (κ1) is 15.3. The predicted molar refractivity (Wildman–Crippen MR) is 84.3 cm³/mol. The summed E-state index contributed by atoms with van der Waals surface area (Å²) in [5.41, 5.74) is 0. The zero-order valence-electron chi connectivity index (χ0n) is 13.4. The van der Waals surface area contributed by atoms with Crippen LogP contribution in [0.2, 0.25) is 0 Å². The Morgan fingerprint density at radius 2 is 1.76 bits per heavy atom. The summed E-state index contributed by atoms with van der Waals surface area (Å²) in [6, 6.07) is 0.969. The van der Waals surface area contributed by atoms with Crippen LogP contribution >= 0.6 is 0 Å². The van der Waals surface area contributed by atoms with Crippen LogP contribution in [0, 0.1) is 0 Å². The lowest BCUT2D eigenvalue weighted by Crippen LogP contribution is -2.48. The molecule has 3 fully saturated rings. The topological polar surface area (TPSA) is 38.8 Å². The van der Waals surface area contributed by atoms with E-state index in [9.17, 15) is 4.79 Å². The van der Waals surface area contributed by atoms with Crippen molar-refractivity contribution in [2.75, 3.05) is 52.4 Å². The highest BCUT2D eigenvalue weighted by molar-refractivity contribution is 5.77. The Morgan fingerprint density at radius 3 is 2.52 bits per heavy atom. The fraction of sp³-hybridized carbons (Fsp3) is 0.938. The van der Waals surface area contributed by atoms with Gasteiger partial charge in [0.15, 0.2) is 0 Å². The van der Waals surface area contributed by atoms with Gasteiger partial charge in [-0.25, -0.2) is 0 Å². The summed E-state index contributed by atoms with van der Waals surface area (Å²) < 4.78 is 0. The molecule has 3 saturated heterocycles. The number of amides is 1. The van der Waals surface area contributed by atoms with Gasteiger partial charge in [-0.3, -0.25) is 4.79 Å². The average molecular weight is 294 g/mol. The lowest BCUT2D eigenvalue weighted by atomic mass is 10.1. The van der Waals surface area contributed by atoms with E-state index in [2.05, 4.69) is 26.9 Å². The van der Waals surface area contributed by atoms with Crippen LogP contribution in [0.1, 0.15) is 32.6 Å². The molecule has 3 rings (SSSR count). The van der Waals surface area contributed by atoms with E-state index in [0.717, 1.165) is 58.8 Å². The van der Waals surface area contributed by atoms with Crippen LogP contribution in [0.3, 0.4) is 0 Å². The monoisotopic (exact) mass is 294 g/mol. The van der Waals surface area contributed by atoms with Crippen LogP contribution in [0.4, 0.5) is 0 Å². The Bertz CT molecular complexity index is 340. The molecule has 1 N–H and O–H groups in total. The Kier molecular flexibility index (Phi) is 5.14. The van der Waals surface area contributed by atoms with E-state index in [1.807, 2.05) is 0 Å². The average Bonchev–Trinajstić information content (AvgIpc) is 2.78. The van der Waals surface area contributed by atoms with Crippen LogP contribution in [0.5, 0.6) is 0 Å². The number of nitrogens with zero attached hydrogens (tertiary/aromatic N) is 3. The molecule has 2 bridgehead atoms. The summed E-state index contributed by atoms with van der Waals surface area (Å²) in [5, 5.41) is 3.47. The first-order valence-electron chi connectivity index (χ1n) is 8.74. The second kappa shape index (κ2) is 7.07. The second-order valence-corrected chi connectivity index (χ2v) is 6.70. The van der Waals surface area contributed by atoms with Crippen molar-refractivity contribution >= 4 is 5.91 Å². The fourth-order valence-corrected chi connectivity index (χ4v) is 4.10. The first-order valence-corrected chi connectivity index (χ1v) is 8.74. The molecular formula is C16H30N4O. The fourth-order valence-electron chi connectivity index (χ4n) is 4.10. The predicted octanol–water partition coefficient (Wildman–Crippen LogP) is 0.367. The molecule has 0 aromatic rings. The van der Waals surface area contributed by atoms with E-state index >= 15 is 0 Å². The van der Waals surface area contributed by atoms with Crippen molar-refractivity contribution in [3.63, 3.8) is 0 Å². The van der Waals surface area contributed by atoms with Crippen molar-refractivity contribution in [2.24, 2.45) is 0 Å². The lowest BCUT2D eigenvalue weighted by molar-refractivity contribution is -0.134. The highest BCUT2D eigenvalue weighted by Gasteiger charge is 2.37. The minimum absolute atomic E-state index is 0.393. The highest BCUT2D eigenvalue weighted by atomic mass is 16.2. The van der Waals surface area contributed by atoms with Gasteiger partial charge in [0.25, 0.3) is 0 Å². The number of hydrogen-bond donors (Lipinski definition) is 1. The normalized spacial score (nSPS) is 31.4. The molecule has 5 nitrogen and oxygen atoms in total. The van der Waals surface area contributed by atoms with Gasteiger partial charge in [-0.2, -0.15) is 0 Å². The maximum Gasteiger partial charge on any atom is 0.224 e. The standard InChI is InChI=1S/C16H30N4O/c1-2-18-9-11-19(12-10-18)8-6-16(21)20-14-3-4-15(20)13-17-7-5-14/h14-15,17H,2-13H2,1H3. The molecule has 5 heteroatoms. The van der Waals surface area contributed by atoms with Crippen LogP contribution in [-0.2, 0) is 4.79 Å². The molecule has 3 aliphatic rings. The van der Waals surface area contributed by atoms with Gasteiger partial charge in [0.1, 0.15) is 0 Å². The second-order valence-electron chi connectivity index (χ2n) is 6.70. The summed E-state index contributed by atoms with van der Waals surface area (Å²) in [7, 11) is 0. The van der Waals surface area contributed by atoms with E-state index in [0.29, 0.717) is 24.4 Å². The van der Waals surface area contributed by atoms with Gasteiger partial charge < -0.3 is 20.0 Å². The van der Waals surface area contributed by atoms with Crippen LogP contribution in [0.15, 0.2) is 0 Å². The van der Waals surface area contributed by atoms with Gasteiger partial charge in [0.05, 0.1) is 0 Å². The van der Waals surface area contributed by atoms with Crippen LogP contribution < -0.4 is 5.32 Å². The quantitative estimate of drug-likeness (QED) is 0.813. The smallest absolute Gasteiger partial charge is 0.224 e. The Labute approximate surface area is 128 Å². The van der Waals surface area contributed by atoms with Crippen molar-refractivity contribution in [1.29, 1.82) is 0 Å². The zero-order valence-corrected chi connectivity index (χ0v) is 13.4. The first-order chi connectivity index (χ1) is 10.3. The number of rotatable bonds is 4. The van der Waals surface area contributed by atoms with Crippen molar-refractivity contribution in [2.45, 2.75) is 44.7 Å². The van der Waals surface area contributed by atoms with Gasteiger partial charge >= 0.3 is 0 Å². The van der Waals surface area contributed by atoms with Crippen molar-refractivity contribution in [3.8, 4) is 0 Å². The third kappa shape index (κ3) is 3.58. The minimum Gasteiger partial charge on any atom is -0.335 e. The van der Waals surface area contributed by atoms with Gasteiger partial charge in [0.2, 0.25) is 5.91 Å². The van der Waals surface area contributed by atoms with E-state index in [1.54, 1.807) is 0 Å². The van der Waals surface area contributed by atoms with Gasteiger partial charge in [0, 0.05) is 57.8 Å². The Morgan fingerprint density at radius 1 is 1.05 bits per heavy atom. The number of hydrogen-bond acceptors (Lipinski definition) is 4. The lowest BCUT2D eigenvalue weighted by Gasteiger charge is -2.34. The van der Waals surface area contributed by atoms with E-state index in [-0.39, 0.29) is 0 Å². The van der Waals surface area contributed by atoms with E-state index in [4.69, 9.17) is 0 Å². The summed E-state index contributed by atoms with van der Waals surface area (Å²) in [5.74, 6) is 0.393. The molecule has 0 aromatic carbocycles. The Hall–Kier alpha value is -0.650. The molecule has 0 aliphatic carbocycles. The molecule has 1 amide bonds. The molecule has 21 heavy (non-hydrogen) atoms. The summed E-state index contributed by atoms with van der Waals surface area (Å²) >= 11 is 0. The maximum absolute atomic E-state index is 12.6. The number of fused-ring (bicyclic) bond motifs is 2. The summed E-state index contributed by atoms with van der Waals surface area (Å²) in [6.45, 7) is 10.9. The van der Waals surface area contributed by atoms with Crippen molar-refractivity contribution in [1.82, 2.24) is 20.0 Å². The zero-order chi connectivity index (χ0) is 14.7. The molecule has 120 valence electrons. The van der Waals surface area contributed by atoms with E-state index < -0.39 is 0 Å². The SMILES string of the molecule is CCN1CCN(CCC(=O)N2C3CCNCC2CC3)CC1. The molecule has 2 atom stereocenters. The van der Waals surface area contributed by atoms with Crippen molar-refractivity contribution in [3.05, 3.63) is 0 Å². The molecule has 0 spiro atoms. The third-order valence-corrected chi connectivity index (χ3v) is 5.50. The summed E-state index contributed by atoms with van der Waals surface area (Å²) in [6.07, 6.45) is 4.25. The molecule has 2 unspecified atom stereocenters. The minimum atomic E-state index is 0.393. The van der Waals surface area contributed by atoms with Gasteiger partial charge in [-0.05, 0) is 32.4 Å². The maximum atomic E-state index is 12.6.